The smallest absolute Gasteiger partial charge is 0.234 e. The van der Waals surface area contributed by atoms with Crippen molar-refractivity contribution in [2.24, 2.45) is 15.7 Å². The predicted octanol–water partition coefficient (Wildman–Crippen LogP) is 6.28. The van der Waals surface area contributed by atoms with Crippen LogP contribution in [-0.2, 0) is 23.8 Å². The fourth-order valence-corrected chi connectivity index (χ4v) is 5.34. The summed E-state index contributed by atoms with van der Waals surface area (Å²) in [5.74, 6) is -0.479. The zero-order valence-corrected chi connectivity index (χ0v) is 18.6. The molecular weight excluding hydrogens is 432 g/mol. The Labute approximate surface area is 171 Å². The van der Waals surface area contributed by atoms with Crippen LogP contribution in [0.5, 0.6) is 0 Å². The Morgan fingerprint density at radius 1 is 1.19 bits per heavy atom. The van der Waals surface area contributed by atoms with Crippen LogP contribution in [0.3, 0.4) is 0 Å². The quantitative estimate of drug-likeness (QED) is 0.511. The maximum absolute atomic E-state index is 13.2. The van der Waals surface area contributed by atoms with Gasteiger partial charge in [-0.25, -0.2) is 13.0 Å². The van der Waals surface area contributed by atoms with Crippen LogP contribution in [0.4, 0.5) is 8.78 Å². The molecule has 1 fully saturated rings. The molecule has 3 rings (SSSR count). The highest BCUT2D eigenvalue weighted by molar-refractivity contribution is 9.10. The van der Waals surface area contributed by atoms with Gasteiger partial charge in [-0.2, -0.15) is 4.40 Å². The molecule has 1 saturated carbocycles. The van der Waals surface area contributed by atoms with Gasteiger partial charge in [-0.1, -0.05) is 22.0 Å². The van der Waals surface area contributed by atoms with E-state index in [2.05, 4.69) is 32.5 Å². The minimum atomic E-state index is -2.22. The Morgan fingerprint density at radius 2 is 1.85 bits per heavy atom. The number of fused-ring (bicyclic) bond motifs is 1. The van der Waals surface area contributed by atoms with Gasteiger partial charge < -0.3 is 0 Å². The van der Waals surface area contributed by atoms with Crippen LogP contribution in [0.25, 0.3) is 0 Å². The van der Waals surface area contributed by atoms with Gasteiger partial charge >= 0.3 is 0 Å². The lowest BCUT2D eigenvalue weighted by molar-refractivity contribution is 0.0259. The second kappa shape index (κ2) is 8.02. The third kappa shape index (κ3) is 5.06. The van der Waals surface area contributed by atoms with Gasteiger partial charge in [-0.15, -0.1) is 0 Å². The zero-order valence-electron chi connectivity index (χ0n) is 16.2. The van der Waals surface area contributed by atoms with Crippen LogP contribution < -0.4 is 0 Å². The van der Waals surface area contributed by atoms with Crippen molar-refractivity contribution >= 4 is 32.6 Å². The number of alkyl halides is 2. The number of benzene rings is 1. The van der Waals surface area contributed by atoms with E-state index in [4.69, 9.17) is 0 Å². The second-order valence-electron chi connectivity index (χ2n) is 9.13. The summed E-state index contributed by atoms with van der Waals surface area (Å²) < 4.78 is 44.2. The summed E-state index contributed by atoms with van der Waals surface area (Å²) in [6.45, 7) is 5.79. The Bertz CT molecular complexity index is 749. The maximum Gasteiger partial charge on any atom is 0.241 e. The summed E-state index contributed by atoms with van der Waals surface area (Å²) in [7, 11) is -1.30. The Balaban J connectivity index is 1.95. The summed E-state index contributed by atoms with van der Waals surface area (Å²) in [6, 6.07) is 6.31. The largest absolute Gasteiger partial charge is 0.241 e. The third-order valence-electron chi connectivity index (χ3n) is 5.89. The number of rotatable bonds is 2. The van der Waals surface area contributed by atoms with Gasteiger partial charge in [-0.05, 0) is 88.0 Å². The van der Waals surface area contributed by atoms with Crippen molar-refractivity contribution in [3.05, 3.63) is 33.8 Å². The summed E-state index contributed by atoms with van der Waals surface area (Å²) in [6.07, 6.45) is 2.84. The molecule has 1 aromatic rings. The molecule has 2 nitrogen and oxygen atoms in total. The van der Waals surface area contributed by atoms with Gasteiger partial charge in [0, 0.05) is 22.5 Å². The van der Waals surface area contributed by atoms with Crippen LogP contribution in [0.1, 0.15) is 64.0 Å². The van der Waals surface area contributed by atoms with E-state index in [-0.39, 0.29) is 5.41 Å². The molecule has 0 amide bonds. The molecule has 0 bridgehead atoms. The van der Waals surface area contributed by atoms with Crippen molar-refractivity contribution in [3.8, 4) is 0 Å². The number of hydrogen-bond acceptors (Lipinski definition) is 1. The Hall–Kier alpha value is -0.620. The average molecular weight is 460 g/mol. The van der Waals surface area contributed by atoms with Crippen molar-refractivity contribution in [2.75, 3.05) is 0 Å². The molecule has 0 N–H and O–H groups in total. The van der Waals surface area contributed by atoms with Crippen molar-refractivity contribution in [3.63, 3.8) is 0 Å². The van der Waals surface area contributed by atoms with Gasteiger partial charge in [0.15, 0.2) is 0 Å². The van der Waals surface area contributed by atoms with Gasteiger partial charge in [0.2, 0.25) is 6.43 Å². The van der Waals surface area contributed by atoms with E-state index in [0.717, 1.165) is 35.9 Å². The van der Waals surface area contributed by atoms with E-state index < -0.39 is 28.1 Å². The van der Waals surface area contributed by atoms with Gasteiger partial charge in [0.1, 0.15) is 11.0 Å². The fraction of sp³-hybridized carbons (Fsp3) is 0.667. The first kappa shape index (κ1) is 21.1. The third-order valence-corrected chi connectivity index (χ3v) is 7.86. The average Bonchev–Trinajstić information content (AvgIpc) is 2.70. The lowest BCUT2D eigenvalue weighted by atomic mass is 9.66. The fourth-order valence-electron chi connectivity index (χ4n) is 4.29. The summed E-state index contributed by atoms with van der Waals surface area (Å²) in [4.78, 5) is 0. The number of hydrogen-bond donors (Lipinski definition) is 0. The molecule has 0 saturated heterocycles. The van der Waals surface area contributed by atoms with E-state index in [9.17, 15) is 13.0 Å². The molecular formula is C21H28BrF2NOS. The van der Waals surface area contributed by atoms with Crippen molar-refractivity contribution in [1.29, 1.82) is 0 Å². The zero-order chi connectivity index (χ0) is 19.8. The molecule has 27 heavy (non-hydrogen) atoms. The van der Waals surface area contributed by atoms with Gasteiger partial charge in [0.25, 0.3) is 0 Å². The second-order valence-corrected chi connectivity index (χ2v) is 12.0. The minimum Gasteiger partial charge on any atom is -0.234 e. The summed E-state index contributed by atoms with van der Waals surface area (Å²) in [5.41, 5.74) is 3.41. The molecule has 0 aromatic heterocycles. The van der Waals surface area contributed by atoms with Gasteiger partial charge in [0.05, 0.1) is 4.75 Å². The van der Waals surface area contributed by atoms with Crippen LogP contribution in [0.15, 0.2) is 27.1 Å². The highest BCUT2D eigenvalue weighted by Crippen LogP contribution is 2.48. The van der Waals surface area contributed by atoms with Crippen molar-refractivity contribution < 1.29 is 13.0 Å². The van der Waals surface area contributed by atoms with Crippen molar-refractivity contribution in [2.45, 2.75) is 76.9 Å². The standard InChI is InChI=1S/C21H28BrF2NOS/c1-20(2,3)27(26)25-18-11-16-10-17(22)5-4-15(16)12-21(13-18)8-6-14(7-9-21)19(23)24/h4-5,10,14,19H,6-9,11-13H2,1-3H3. The van der Waals surface area contributed by atoms with Crippen LogP contribution in [0, 0.1) is 11.3 Å². The van der Waals surface area contributed by atoms with Crippen molar-refractivity contribution in [1.82, 2.24) is 0 Å². The first-order valence-corrected chi connectivity index (χ1v) is 11.5. The molecule has 0 aliphatic heterocycles. The van der Waals surface area contributed by atoms with E-state index >= 15 is 0 Å². The molecule has 0 heterocycles. The van der Waals surface area contributed by atoms with E-state index in [1.165, 1.54) is 11.1 Å². The first-order valence-electron chi connectivity index (χ1n) is 9.62. The molecule has 1 atom stereocenters. The van der Waals surface area contributed by atoms with E-state index in [0.29, 0.717) is 19.3 Å². The Morgan fingerprint density at radius 3 is 2.44 bits per heavy atom. The molecule has 150 valence electrons. The van der Waals surface area contributed by atoms with E-state index in [1.54, 1.807) is 0 Å². The SMILES string of the molecule is CC(C)(C)S(=O)N=C1Cc2cc(Br)ccc2CC2(CCC(C(F)F)CC2)C1. The first-order chi connectivity index (χ1) is 12.6. The molecule has 1 aromatic carbocycles. The lowest BCUT2D eigenvalue weighted by Crippen LogP contribution is -2.33. The molecule has 2 aliphatic rings. The molecule has 1 spiro atoms. The molecule has 2 aliphatic carbocycles. The molecule has 1 unspecified atom stereocenters. The molecule has 0 radical (unpaired) electrons. The minimum absolute atomic E-state index is 0.0363. The normalized spacial score (nSPS) is 29.0. The summed E-state index contributed by atoms with van der Waals surface area (Å²) >= 11 is 3.55. The van der Waals surface area contributed by atoms with Crippen LogP contribution in [0.2, 0.25) is 0 Å². The predicted molar refractivity (Wildman–Crippen MR) is 112 cm³/mol. The Kier molecular flexibility index (Phi) is 6.26. The number of nitrogens with zero attached hydrogens (tertiary/aromatic N) is 1. The molecule has 6 heteroatoms. The van der Waals surface area contributed by atoms with Gasteiger partial charge in [-0.3, -0.25) is 0 Å². The topological polar surface area (TPSA) is 29.4 Å². The highest BCUT2D eigenvalue weighted by atomic mass is 79.9. The monoisotopic (exact) mass is 459 g/mol. The maximum atomic E-state index is 13.2. The lowest BCUT2D eigenvalue weighted by Gasteiger charge is -2.40. The number of halogens is 3. The summed E-state index contributed by atoms with van der Waals surface area (Å²) in [5, 5.41) is 0. The van der Waals surface area contributed by atoms with Crippen LogP contribution in [-0.4, -0.2) is 21.1 Å². The highest BCUT2D eigenvalue weighted by Gasteiger charge is 2.41. The van der Waals surface area contributed by atoms with E-state index in [1.807, 2.05) is 26.8 Å². The van der Waals surface area contributed by atoms with Crippen LogP contribution >= 0.6 is 15.9 Å².